The summed E-state index contributed by atoms with van der Waals surface area (Å²) in [4.78, 5) is 24.6. The summed E-state index contributed by atoms with van der Waals surface area (Å²) in [6, 6.07) is 5.21. The van der Waals surface area contributed by atoms with Gasteiger partial charge in [-0.05, 0) is 37.6 Å². The van der Waals surface area contributed by atoms with E-state index in [1.54, 1.807) is 38.1 Å². The minimum Gasteiger partial charge on any atom is -0.466 e. The zero-order valence-corrected chi connectivity index (χ0v) is 22.5. The lowest BCUT2D eigenvalue weighted by Crippen LogP contribution is -2.35. The second-order valence-corrected chi connectivity index (χ2v) is 9.36. The Kier molecular flexibility index (Phi) is 9.67. The van der Waals surface area contributed by atoms with Crippen LogP contribution in [0.1, 0.15) is 30.8 Å². The van der Waals surface area contributed by atoms with E-state index in [-0.39, 0.29) is 18.8 Å². The number of nitrogens with two attached hydrogens (primary N) is 1. The number of methoxy groups -OCH3 is 1. The smallest absolute Gasteiger partial charge is 0.336 e. The first-order valence-corrected chi connectivity index (χ1v) is 13.1. The SMILES string of the molecule is CCOC(=O)C1=C(COCCN)NC(C)=C(C(=O)OC)[C@@H]1c1ccccc1Cl.[2H]c1cc(S(=O)(=O)O)c([2H])c([2H])c1[2H]. The molecule has 2 aromatic rings. The van der Waals surface area contributed by atoms with Crippen LogP contribution in [-0.4, -0.2) is 58.4 Å². The predicted molar refractivity (Wildman–Crippen MR) is 142 cm³/mol. The quantitative estimate of drug-likeness (QED) is 0.232. The number of esters is 2. The lowest BCUT2D eigenvalue weighted by molar-refractivity contribution is -0.139. The maximum atomic E-state index is 12.9. The number of dihydropyridines is 1. The Morgan fingerprint density at radius 2 is 1.87 bits per heavy atom. The van der Waals surface area contributed by atoms with Gasteiger partial charge in [0.05, 0.1) is 60.1 Å². The number of nitrogens with one attached hydrogen (secondary N) is 1. The van der Waals surface area contributed by atoms with Crippen molar-refractivity contribution in [3.05, 3.63) is 87.6 Å². The van der Waals surface area contributed by atoms with Crippen LogP contribution in [0.4, 0.5) is 0 Å². The van der Waals surface area contributed by atoms with Gasteiger partial charge >= 0.3 is 11.9 Å². The van der Waals surface area contributed by atoms with Crippen molar-refractivity contribution in [3.8, 4) is 0 Å². The van der Waals surface area contributed by atoms with E-state index in [1.807, 2.05) is 0 Å². The average Bonchev–Trinajstić information content (AvgIpc) is 2.93. The van der Waals surface area contributed by atoms with E-state index in [0.717, 1.165) is 0 Å². The highest BCUT2D eigenvalue weighted by atomic mass is 35.5. The van der Waals surface area contributed by atoms with Crippen molar-refractivity contribution < 1.29 is 42.3 Å². The third-order valence-electron chi connectivity index (χ3n) is 5.07. The number of allylic oxidation sites excluding steroid dienone is 1. The summed E-state index contributed by atoms with van der Waals surface area (Å²) in [5, 5.41) is 3.52. The van der Waals surface area contributed by atoms with Crippen LogP contribution in [-0.2, 0) is 33.9 Å². The van der Waals surface area contributed by atoms with Gasteiger partial charge < -0.3 is 25.3 Å². The molecule has 2 aromatic carbocycles. The van der Waals surface area contributed by atoms with Gasteiger partial charge in [-0.2, -0.15) is 8.42 Å². The summed E-state index contributed by atoms with van der Waals surface area (Å²) in [5.41, 5.74) is 7.70. The molecule has 0 aromatic heterocycles. The molecule has 0 radical (unpaired) electrons. The number of halogens is 1. The predicted octanol–water partition coefficient (Wildman–Crippen LogP) is 3.20. The van der Waals surface area contributed by atoms with Crippen molar-refractivity contribution in [3.63, 3.8) is 0 Å². The van der Waals surface area contributed by atoms with Gasteiger partial charge in [-0.15, -0.1) is 0 Å². The zero-order chi connectivity index (χ0) is 31.8. The summed E-state index contributed by atoms with van der Waals surface area (Å²) >= 11 is 6.42. The summed E-state index contributed by atoms with van der Waals surface area (Å²) in [6.45, 7) is 4.42. The standard InChI is InChI=1S/C20H25ClN2O5.C6H6O3S/c1-4-28-20(25)18-15(11-27-10-9-22)23-12(2)16(19(24)26-3)17(18)13-7-5-6-8-14(13)21;7-10(8,9)6-4-2-1-3-5-6/h5-8,17,23H,4,9-11,22H2,1-3H3;1-5H,(H,7,8,9)/t17-;/m0./s1/i;1D,2D,3D,4D. The molecule has 38 heavy (non-hydrogen) atoms. The van der Waals surface area contributed by atoms with Crippen LogP contribution in [0, 0.1) is 0 Å². The van der Waals surface area contributed by atoms with E-state index in [0.29, 0.717) is 46.8 Å². The topological polar surface area (TPSA) is 154 Å². The summed E-state index contributed by atoms with van der Waals surface area (Å²) in [7, 11) is -3.31. The van der Waals surface area contributed by atoms with Gasteiger partial charge in [-0.3, -0.25) is 4.55 Å². The molecule has 3 rings (SSSR count). The highest BCUT2D eigenvalue weighted by Crippen LogP contribution is 2.41. The Morgan fingerprint density at radius 3 is 2.47 bits per heavy atom. The van der Waals surface area contributed by atoms with Gasteiger partial charge in [0.25, 0.3) is 10.1 Å². The van der Waals surface area contributed by atoms with Crippen LogP contribution in [0.5, 0.6) is 0 Å². The second kappa shape index (κ2) is 14.6. The molecule has 0 saturated carbocycles. The van der Waals surface area contributed by atoms with Crippen LogP contribution < -0.4 is 11.1 Å². The molecule has 1 aliphatic rings. The van der Waals surface area contributed by atoms with Crippen LogP contribution in [0.15, 0.2) is 81.9 Å². The number of benzene rings is 2. The van der Waals surface area contributed by atoms with Gasteiger partial charge in [0, 0.05) is 17.3 Å². The molecule has 0 bridgehead atoms. The van der Waals surface area contributed by atoms with Crippen molar-refractivity contribution in [1.82, 2.24) is 5.32 Å². The normalized spacial score (nSPS) is 16.7. The lowest BCUT2D eigenvalue weighted by atomic mass is 9.80. The fourth-order valence-corrected chi connectivity index (χ4v) is 4.16. The van der Waals surface area contributed by atoms with E-state index >= 15 is 0 Å². The molecule has 0 spiro atoms. The Hall–Kier alpha value is -3.22. The molecule has 1 heterocycles. The molecule has 0 amide bonds. The van der Waals surface area contributed by atoms with Gasteiger partial charge in [0.2, 0.25) is 0 Å². The van der Waals surface area contributed by atoms with Crippen LogP contribution in [0.25, 0.3) is 0 Å². The summed E-state index contributed by atoms with van der Waals surface area (Å²) in [5.74, 6) is -1.86. The summed E-state index contributed by atoms with van der Waals surface area (Å²) < 4.78 is 74.3. The molecule has 0 fully saturated rings. The molecule has 0 unspecified atom stereocenters. The molecule has 12 heteroatoms. The van der Waals surface area contributed by atoms with Crippen molar-refractivity contribution >= 4 is 33.7 Å². The fraction of sp³-hybridized carbons (Fsp3) is 0.308. The first kappa shape index (κ1) is 25.1. The van der Waals surface area contributed by atoms with Crippen molar-refractivity contribution in [2.45, 2.75) is 24.7 Å². The van der Waals surface area contributed by atoms with Gasteiger partial charge in [-0.1, -0.05) is 47.9 Å². The Morgan fingerprint density at radius 1 is 1.16 bits per heavy atom. The average molecular weight is 571 g/mol. The fourth-order valence-electron chi connectivity index (χ4n) is 3.52. The molecule has 0 saturated heterocycles. The maximum Gasteiger partial charge on any atom is 0.336 e. The Balaban J connectivity index is 0.000000369. The molecular weight excluding hydrogens is 536 g/mol. The lowest BCUT2D eigenvalue weighted by Gasteiger charge is -2.31. The highest BCUT2D eigenvalue weighted by molar-refractivity contribution is 7.85. The van der Waals surface area contributed by atoms with E-state index < -0.39 is 57.0 Å². The molecule has 4 N–H and O–H groups in total. The Labute approximate surface area is 232 Å². The third kappa shape index (κ3) is 8.14. The highest BCUT2D eigenvalue weighted by Gasteiger charge is 2.39. The number of hydrogen-bond donors (Lipinski definition) is 3. The van der Waals surface area contributed by atoms with Crippen LogP contribution >= 0.6 is 11.6 Å². The molecule has 10 nitrogen and oxygen atoms in total. The number of ether oxygens (including phenoxy) is 3. The van der Waals surface area contributed by atoms with E-state index in [2.05, 4.69) is 5.32 Å². The molecule has 0 aliphatic carbocycles. The number of carbonyl (C=O) groups is 2. The number of hydrogen-bond acceptors (Lipinski definition) is 9. The van der Waals surface area contributed by atoms with Crippen LogP contribution in [0.2, 0.25) is 5.02 Å². The molecule has 206 valence electrons. The second-order valence-electron chi connectivity index (χ2n) is 7.57. The summed E-state index contributed by atoms with van der Waals surface area (Å²) in [6.07, 6.45) is 0. The van der Waals surface area contributed by atoms with Crippen molar-refractivity contribution in [2.24, 2.45) is 5.73 Å². The minimum absolute atomic E-state index is 0.109. The van der Waals surface area contributed by atoms with Gasteiger partial charge in [0.1, 0.15) is 0 Å². The van der Waals surface area contributed by atoms with Gasteiger partial charge in [-0.25, -0.2) is 9.59 Å². The van der Waals surface area contributed by atoms with E-state index in [1.165, 1.54) is 7.11 Å². The third-order valence-corrected chi connectivity index (χ3v) is 6.19. The van der Waals surface area contributed by atoms with Crippen molar-refractivity contribution in [2.75, 3.05) is 33.5 Å². The van der Waals surface area contributed by atoms with E-state index in [4.69, 9.17) is 41.6 Å². The Bertz CT molecular complexity index is 1520. The van der Waals surface area contributed by atoms with Crippen molar-refractivity contribution in [1.29, 1.82) is 0 Å². The number of carbonyl (C=O) groups excluding carboxylic acids is 2. The maximum absolute atomic E-state index is 12.9. The van der Waals surface area contributed by atoms with E-state index in [9.17, 15) is 18.0 Å². The zero-order valence-electron chi connectivity index (χ0n) is 25.0. The minimum atomic E-state index is -4.61. The van der Waals surface area contributed by atoms with Gasteiger partial charge in [0.15, 0.2) is 0 Å². The molecular formula is C26H31ClN2O8S. The molecule has 1 aliphatic heterocycles. The number of rotatable bonds is 9. The first-order valence-electron chi connectivity index (χ1n) is 13.2. The molecule has 1 atom stereocenters. The first-order chi connectivity index (χ1) is 19.7. The van der Waals surface area contributed by atoms with Crippen LogP contribution in [0.3, 0.4) is 0 Å². The monoisotopic (exact) mass is 570 g/mol. The largest absolute Gasteiger partial charge is 0.466 e.